The fourth-order valence-electron chi connectivity index (χ4n) is 1.75. The van der Waals surface area contributed by atoms with E-state index in [0.29, 0.717) is 24.0 Å². The third-order valence-corrected chi connectivity index (χ3v) is 2.89. The largest absolute Gasteiger partial charge is 0.481 e. The molecule has 2 aromatic rings. The highest BCUT2D eigenvalue weighted by atomic mass is 16.4. The van der Waals surface area contributed by atoms with Crippen molar-refractivity contribution in [1.29, 1.82) is 0 Å². The lowest BCUT2D eigenvalue weighted by atomic mass is 9.98. The minimum Gasteiger partial charge on any atom is -0.481 e. The average Bonchev–Trinajstić information content (AvgIpc) is 2.91. The monoisotopic (exact) mass is 204 g/mol. The lowest BCUT2D eigenvalue weighted by molar-refractivity contribution is -0.140. The van der Waals surface area contributed by atoms with Crippen molar-refractivity contribution in [3.05, 3.63) is 17.8 Å². The van der Waals surface area contributed by atoms with Gasteiger partial charge in [-0.2, -0.15) is 10.3 Å². The number of fused-ring (bicyclic) bond motifs is 1. The normalized spacial score (nSPS) is 17.9. The van der Waals surface area contributed by atoms with Crippen molar-refractivity contribution in [1.82, 2.24) is 20.4 Å². The number of H-pyrrole nitrogens is 1. The Labute approximate surface area is 84.3 Å². The molecule has 0 aliphatic heterocycles. The van der Waals surface area contributed by atoms with Crippen LogP contribution in [-0.2, 0) is 10.2 Å². The number of carboxylic acid groups (broad SMARTS) is 1. The highest BCUT2D eigenvalue weighted by molar-refractivity contribution is 5.86. The van der Waals surface area contributed by atoms with Crippen LogP contribution in [0.2, 0.25) is 0 Å². The van der Waals surface area contributed by atoms with E-state index in [9.17, 15) is 4.79 Å². The molecule has 2 heterocycles. The lowest BCUT2D eigenvalue weighted by Gasteiger charge is -2.08. The SMILES string of the molecule is O=C(O)C1(c2cnc3n[nH]nc3c2)CC1. The molecule has 1 fully saturated rings. The minimum absolute atomic E-state index is 0.514. The van der Waals surface area contributed by atoms with E-state index in [2.05, 4.69) is 20.4 Å². The first-order valence-electron chi connectivity index (χ1n) is 4.63. The van der Waals surface area contributed by atoms with Crippen LogP contribution in [0.5, 0.6) is 0 Å². The highest BCUT2D eigenvalue weighted by Crippen LogP contribution is 2.48. The van der Waals surface area contributed by atoms with Crippen LogP contribution in [0, 0.1) is 0 Å². The number of rotatable bonds is 2. The van der Waals surface area contributed by atoms with Gasteiger partial charge in [0.15, 0.2) is 0 Å². The molecule has 2 N–H and O–H groups in total. The summed E-state index contributed by atoms with van der Waals surface area (Å²) in [7, 11) is 0. The van der Waals surface area contributed by atoms with E-state index in [1.807, 2.05) is 0 Å². The summed E-state index contributed by atoms with van der Waals surface area (Å²) in [5.41, 5.74) is 1.12. The molecule has 0 atom stereocenters. The molecule has 6 nitrogen and oxygen atoms in total. The number of aliphatic carboxylic acids is 1. The first kappa shape index (κ1) is 8.34. The Morgan fingerprint density at radius 3 is 2.93 bits per heavy atom. The summed E-state index contributed by atoms with van der Waals surface area (Å²) in [6, 6.07) is 1.74. The molecule has 1 saturated carbocycles. The molecular weight excluding hydrogens is 196 g/mol. The maximum absolute atomic E-state index is 11.1. The second-order valence-electron chi connectivity index (χ2n) is 3.78. The summed E-state index contributed by atoms with van der Waals surface area (Å²) in [4.78, 5) is 15.1. The Kier molecular flexibility index (Phi) is 1.41. The van der Waals surface area contributed by atoms with Gasteiger partial charge in [0.25, 0.3) is 0 Å². The summed E-state index contributed by atoms with van der Waals surface area (Å²) in [6.07, 6.45) is 2.92. The fraction of sp³-hybridized carbons (Fsp3) is 0.333. The predicted octanol–water partition coefficient (Wildman–Crippen LogP) is 0.469. The average molecular weight is 204 g/mol. The first-order chi connectivity index (χ1) is 7.22. The summed E-state index contributed by atoms with van der Waals surface area (Å²) < 4.78 is 0. The maximum Gasteiger partial charge on any atom is 0.314 e. The van der Waals surface area contributed by atoms with Gasteiger partial charge in [0.05, 0.1) is 5.41 Å². The number of aromatic nitrogens is 4. The molecule has 0 unspecified atom stereocenters. The molecule has 3 rings (SSSR count). The van der Waals surface area contributed by atoms with E-state index in [1.165, 1.54) is 0 Å². The zero-order chi connectivity index (χ0) is 10.5. The Morgan fingerprint density at radius 2 is 2.27 bits per heavy atom. The van der Waals surface area contributed by atoms with Crippen LogP contribution in [0.4, 0.5) is 0 Å². The summed E-state index contributed by atoms with van der Waals surface area (Å²) in [6.45, 7) is 0. The van der Waals surface area contributed by atoms with Crippen molar-refractivity contribution in [3.63, 3.8) is 0 Å². The molecule has 0 saturated heterocycles. The van der Waals surface area contributed by atoms with E-state index in [0.717, 1.165) is 5.56 Å². The number of carboxylic acids is 1. The molecule has 0 radical (unpaired) electrons. The molecule has 0 spiro atoms. The molecule has 1 aliphatic carbocycles. The van der Waals surface area contributed by atoms with Gasteiger partial charge in [-0.15, -0.1) is 5.10 Å². The van der Waals surface area contributed by atoms with Crippen molar-refractivity contribution in [3.8, 4) is 0 Å². The van der Waals surface area contributed by atoms with Crippen molar-refractivity contribution >= 4 is 17.1 Å². The molecule has 1 aliphatic rings. The summed E-state index contributed by atoms with van der Waals surface area (Å²) in [5, 5.41) is 19.3. The molecule has 0 bridgehead atoms. The fourth-order valence-corrected chi connectivity index (χ4v) is 1.75. The van der Waals surface area contributed by atoms with Gasteiger partial charge in [0, 0.05) is 6.20 Å². The van der Waals surface area contributed by atoms with Gasteiger partial charge >= 0.3 is 5.97 Å². The lowest BCUT2D eigenvalue weighted by Crippen LogP contribution is -2.19. The van der Waals surface area contributed by atoms with Gasteiger partial charge in [0.1, 0.15) is 5.52 Å². The van der Waals surface area contributed by atoms with Crippen molar-refractivity contribution in [2.24, 2.45) is 0 Å². The molecule has 76 valence electrons. The number of nitrogens with zero attached hydrogens (tertiary/aromatic N) is 3. The molecule has 0 aromatic carbocycles. The topological polar surface area (TPSA) is 91.8 Å². The second kappa shape index (κ2) is 2.53. The number of nitrogens with one attached hydrogen (secondary N) is 1. The van der Waals surface area contributed by atoms with Crippen molar-refractivity contribution in [2.75, 3.05) is 0 Å². The first-order valence-corrected chi connectivity index (χ1v) is 4.63. The molecule has 15 heavy (non-hydrogen) atoms. The smallest absolute Gasteiger partial charge is 0.314 e. The number of pyridine rings is 1. The van der Waals surface area contributed by atoms with Crippen LogP contribution in [0.3, 0.4) is 0 Å². The van der Waals surface area contributed by atoms with Gasteiger partial charge in [-0.3, -0.25) is 4.79 Å². The Hall–Kier alpha value is -1.98. The van der Waals surface area contributed by atoms with Crippen LogP contribution >= 0.6 is 0 Å². The van der Waals surface area contributed by atoms with Gasteiger partial charge in [-0.1, -0.05) is 0 Å². The van der Waals surface area contributed by atoms with Crippen molar-refractivity contribution < 1.29 is 9.90 Å². The zero-order valence-electron chi connectivity index (χ0n) is 7.77. The maximum atomic E-state index is 11.1. The highest BCUT2D eigenvalue weighted by Gasteiger charge is 2.52. The number of hydrogen-bond acceptors (Lipinski definition) is 4. The van der Waals surface area contributed by atoms with Gasteiger partial charge in [-0.25, -0.2) is 4.98 Å². The van der Waals surface area contributed by atoms with Crippen LogP contribution in [0.25, 0.3) is 11.2 Å². The summed E-state index contributed by atoms with van der Waals surface area (Å²) in [5.74, 6) is -0.785. The second-order valence-corrected chi connectivity index (χ2v) is 3.78. The molecular formula is C9H8N4O2. The van der Waals surface area contributed by atoms with E-state index < -0.39 is 11.4 Å². The van der Waals surface area contributed by atoms with Crippen LogP contribution < -0.4 is 0 Å². The van der Waals surface area contributed by atoms with Gasteiger partial charge < -0.3 is 5.11 Å². The standard InChI is InChI=1S/C9H8N4O2/c14-8(15)9(1-2-9)5-3-6-7(10-4-5)12-13-11-6/h3-4H,1-2H2,(H,14,15)(H,10,11,12,13). The molecule has 2 aromatic heterocycles. The Morgan fingerprint density at radius 1 is 1.47 bits per heavy atom. The third kappa shape index (κ3) is 1.04. The van der Waals surface area contributed by atoms with E-state index in [-0.39, 0.29) is 0 Å². The quantitative estimate of drug-likeness (QED) is 0.741. The Bertz CT molecular complexity index is 544. The van der Waals surface area contributed by atoms with E-state index in [1.54, 1.807) is 12.3 Å². The summed E-state index contributed by atoms with van der Waals surface area (Å²) >= 11 is 0. The van der Waals surface area contributed by atoms with Crippen LogP contribution in [0.15, 0.2) is 12.3 Å². The minimum atomic E-state index is -0.785. The number of hydrogen-bond donors (Lipinski definition) is 2. The predicted molar refractivity (Wildman–Crippen MR) is 50.2 cm³/mol. The zero-order valence-corrected chi connectivity index (χ0v) is 7.77. The number of aromatic amines is 1. The van der Waals surface area contributed by atoms with Gasteiger partial charge in [-0.05, 0) is 24.5 Å². The van der Waals surface area contributed by atoms with Crippen molar-refractivity contribution in [2.45, 2.75) is 18.3 Å². The van der Waals surface area contributed by atoms with E-state index in [4.69, 9.17) is 5.11 Å². The third-order valence-electron chi connectivity index (χ3n) is 2.89. The molecule has 6 heteroatoms. The van der Waals surface area contributed by atoms with Crippen LogP contribution in [-0.4, -0.2) is 31.5 Å². The Balaban J connectivity index is 2.15. The van der Waals surface area contributed by atoms with E-state index >= 15 is 0 Å². The van der Waals surface area contributed by atoms with Gasteiger partial charge in [0.2, 0.25) is 5.65 Å². The molecule has 0 amide bonds. The number of carbonyl (C=O) groups is 1. The van der Waals surface area contributed by atoms with Crippen LogP contribution in [0.1, 0.15) is 18.4 Å².